The fourth-order valence-electron chi connectivity index (χ4n) is 1.83. The molecule has 0 unspecified atom stereocenters. The molecule has 0 saturated heterocycles. The number of nitrogens with two attached hydrogens (primary N) is 1. The topological polar surface area (TPSA) is 52.0 Å². The van der Waals surface area contributed by atoms with Crippen LogP contribution in [0.3, 0.4) is 0 Å². The van der Waals surface area contributed by atoms with Gasteiger partial charge in [0, 0.05) is 0 Å². The van der Waals surface area contributed by atoms with Crippen LogP contribution in [0, 0.1) is 5.82 Å². The maximum absolute atomic E-state index is 13.3. The molecule has 3 rings (SSSR count). The smallest absolute Gasteiger partial charge is 0.186 e. The SMILES string of the molecule is Nc1noc(-c2ccc(Br)s2)c1-c1cccc(F)c1. The Morgan fingerprint density at radius 1 is 1.26 bits per heavy atom. The largest absolute Gasteiger partial charge is 0.380 e. The summed E-state index contributed by atoms with van der Waals surface area (Å²) < 4.78 is 19.6. The number of halogens is 2. The first-order chi connectivity index (χ1) is 9.15. The lowest BCUT2D eigenvalue weighted by Gasteiger charge is -2.01. The van der Waals surface area contributed by atoms with Crippen molar-refractivity contribution in [3.05, 3.63) is 46.0 Å². The molecule has 0 aliphatic carbocycles. The predicted molar refractivity (Wildman–Crippen MR) is 77.3 cm³/mol. The van der Waals surface area contributed by atoms with E-state index in [1.807, 2.05) is 12.1 Å². The van der Waals surface area contributed by atoms with Crippen LogP contribution in [0.1, 0.15) is 0 Å². The Labute approximate surface area is 121 Å². The van der Waals surface area contributed by atoms with Crippen LogP contribution >= 0.6 is 27.3 Å². The molecule has 2 aromatic heterocycles. The van der Waals surface area contributed by atoms with Crippen molar-refractivity contribution in [3.63, 3.8) is 0 Å². The van der Waals surface area contributed by atoms with Gasteiger partial charge >= 0.3 is 0 Å². The lowest BCUT2D eigenvalue weighted by Crippen LogP contribution is -1.89. The molecule has 0 aliphatic rings. The highest BCUT2D eigenvalue weighted by atomic mass is 79.9. The summed E-state index contributed by atoms with van der Waals surface area (Å²) >= 11 is 4.89. The quantitative estimate of drug-likeness (QED) is 0.745. The first-order valence-electron chi connectivity index (χ1n) is 5.42. The Morgan fingerprint density at radius 2 is 2.11 bits per heavy atom. The van der Waals surface area contributed by atoms with Gasteiger partial charge < -0.3 is 10.3 Å². The van der Waals surface area contributed by atoms with E-state index in [1.54, 1.807) is 12.1 Å². The van der Waals surface area contributed by atoms with Crippen LogP contribution in [0.15, 0.2) is 44.7 Å². The third kappa shape index (κ3) is 2.29. The number of hydrogen-bond donors (Lipinski definition) is 1. The highest BCUT2D eigenvalue weighted by Gasteiger charge is 2.19. The molecule has 0 saturated carbocycles. The Bertz CT molecular complexity index is 738. The van der Waals surface area contributed by atoms with Gasteiger partial charge in [-0.25, -0.2) is 4.39 Å². The molecule has 0 atom stereocenters. The van der Waals surface area contributed by atoms with E-state index in [0.717, 1.165) is 8.66 Å². The van der Waals surface area contributed by atoms with Crippen molar-refractivity contribution in [1.29, 1.82) is 0 Å². The normalized spacial score (nSPS) is 10.8. The fourth-order valence-corrected chi connectivity index (χ4v) is 3.20. The highest BCUT2D eigenvalue weighted by Crippen LogP contribution is 2.40. The molecule has 0 bridgehead atoms. The summed E-state index contributed by atoms with van der Waals surface area (Å²) in [5, 5.41) is 3.78. The Kier molecular flexibility index (Phi) is 3.12. The fraction of sp³-hybridized carbons (Fsp3) is 0. The van der Waals surface area contributed by atoms with E-state index >= 15 is 0 Å². The van der Waals surface area contributed by atoms with Crippen LogP contribution in [0.2, 0.25) is 0 Å². The summed E-state index contributed by atoms with van der Waals surface area (Å²) in [6, 6.07) is 10.0. The predicted octanol–water partition coefficient (Wildman–Crippen LogP) is 4.55. The van der Waals surface area contributed by atoms with Gasteiger partial charge in [0.05, 0.1) is 14.2 Å². The highest BCUT2D eigenvalue weighted by molar-refractivity contribution is 9.11. The maximum Gasteiger partial charge on any atom is 0.186 e. The zero-order chi connectivity index (χ0) is 13.4. The molecule has 19 heavy (non-hydrogen) atoms. The lowest BCUT2D eigenvalue weighted by atomic mass is 10.1. The van der Waals surface area contributed by atoms with Crippen LogP contribution in [0.5, 0.6) is 0 Å². The van der Waals surface area contributed by atoms with Crippen LogP contribution in [0.25, 0.3) is 21.8 Å². The second-order valence-corrected chi connectivity index (χ2v) is 6.35. The molecule has 2 N–H and O–H groups in total. The summed E-state index contributed by atoms with van der Waals surface area (Å²) in [6.07, 6.45) is 0. The summed E-state index contributed by atoms with van der Waals surface area (Å²) in [6.45, 7) is 0. The average molecular weight is 339 g/mol. The molecule has 2 heterocycles. The van der Waals surface area contributed by atoms with Gasteiger partial charge in [0.2, 0.25) is 0 Å². The molecular weight excluding hydrogens is 331 g/mol. The van der Waals surface area contributed by atoms with Crippen LogP contribution in [0.4, 0.5) is 10.2 Å². The van der Waals surface area contributed by atoms with Gasteiger partial charge in [-0.05, 0) is 45.8 Å². The zero-order valence-electron chi connectivity index (χ0n) is 9.56. The van der Waals surface area contributed by atoms with Crippen molar-refractivity contribution in [1.82, 2.24) is 5.16 Å². The Morgan fingerprint density at radius 3 is 2.79 bits per heavy atom. The summed E-state index contributed by atoms with van der Waals surface area (Å²) in [5.41, 5.74) is 7.10. The minimum absolute atomic E-state index is 0.255. The van der Waals surface area contributed by atoms with Crippen molar-refractivity contribution in [2.75, 3.05) is 5.73 Å². The molecule has 0 radical (unpaired) electrons. The third-order valence-electron chi connectivity index (χ3n) is 2.63. The monoisotopic (exact) mass is 338 g/mol. The summed E-state index contributed by atoms with van der Waals surface area (Å²) in [4.78, 5) is 0.885. The number of hydrogen-bond acceptors (Lipinski definition) is 4. The van der Waals surface area contributed by atoms with Gasteiger partial charge in [-0.1, -0.05) is 17.3 Å². The van der Waals surface area contributed by atoms with E-state index in [2.05, 4.69) is 21.1 Å². The number of thiophene rings is 1. The standard InChI is InChI=1S/C13H8BrFN2OS/c14-10-5-4-9(19-10)12-11(13(16)17-18-12)7-2-1-3-8(15)6-7/h1-6H,(H2,16,17). The zero-order valence-corrected chi connectivity index (χ0v) is 12.0. The van der Waals surface area contributed by atoms with E-state index in [1.165, 1.54) is 23.5 Å². The molecule has 6 heteroatoms. The van der Waals surface area contributed by atoms with E-state index in [4.69, 9.17) is 10.3 Å². The summed E-state index contributed by atoms with van der Waals surface area (Å²) in [7, 11) is 0. The molecule has 3 aromatic rings. The third-order valence-corrected chi connectivity index (χ3v) is 4.25. The molecule has 3 nitrogen and oxygen atoms in total. The van der Waals surface area contributed by atoms with Crippen LogP contribution in [-0.4, -0.2) is 5.16 Å². The van der Waals surface area contributed by atoms with Gasteiger partial charge in [-0.2, -0.15) is 0 Å². The van der Waals surface area contributed by atoms with E-state index in [-0.39, 0.29) is 11.6 Å². The van der Waals surface area contributed by atoms with Gasteiger partial charge in [-0.3, -0.25) is 0 Å². The minimum atomic E-state index is -0.323. The van der Waals surface area contributed by atoms with Gasteiger partial charge in [0.1, 0.15) is 5.82 Å². The molecule has 96 valence electrons. The van der Waals surface area contributed by atoms with Crippen molar-refractivity contribution in [2.24, 2.45) is 0 Å². The van der Waals surface area contributed by atoms with Crippen molar-refractivity contribution in [2.45, 2.75) is 0 Å². The molecule has 0 aliphatic heterocycles. The first kappa shape index (κ1) is 12.4. The second kappa shape index (κ2) is 4.79. The maximum atomic E-state index is 13.3. The Hall–Kier alpha value is -1.66. The number of benzene rings is 1. The minimum Gasteiger partial charge on any atom is -0.380 e. The average Bonchev–Trinajstić information content (AvgIpc) is 2.95. The number of rotatable bonds is 2. The first-order valence-corrected chi connectivity index (χ1v) is 7.03. The number of anilines is 1. The van der Waals surface area contributed by atoms with E-state index < -0.39 is 0 Å². The second-order valence-electron chi connectivity index (χ2n) is 3.89. The van der Waals surface area contributed by atoms with Crippen LogP contribution < -0.4 is 5.73 Å². The van der Waals surface area contributed by atoms with Gasteiger partial charge in [0.15, 0.2) is 11.6 Å². The molecule has 0 spiro atoms. The molecular formula is C13H8BrFN2OS. The summed E-state index contributed by atoms with van der Waals surface area (Å²) in [5.74, 6) is 0.486. The van der Waals surface area contributed by atoms with Gasteiger partial charge in [0.25, 0.3) is 0 Å². The van der Waals surface area contributed by atoms with Crippen molar-refractivity contribution >= 4 is 33.1 Å². The van der Waals surface area contributed by atoms with E-state index in [0.29, 0.717) is 16.9 Å². The number of aromatic nitrogens is 1. The van der Waals surface area contributed by atoms with E-state index in [9.17, 15) is 4.39 Å². The lowest BCUT2D eigenvalue weighted by molar-refractivity contribution is 0.437. The Balaban J connectivity index is 2.19. The number of nitrogen functional groups attached to an aromatic ring is 1. The molecule has 1 aromatic carbocycles. The number of nitrogens with zero attached hydrogens (tertiary/aromatic N) is 1. The molecule has 0 amide bonds. The van der Waals surface area contributed by atoms with Crippen molar-refractivity contribution < 1.29 is 8.91 Å². The van der Waals surface area contributed by atoms with Gasteiger partial charge in [-0.15, -0.1) is 11.3 Å². The molecule has 0 fully saturated rings. The van der Waals surface area contributed by atoms with Crippen molar-refractivity contribution in [3.8, 4) is 21.8 Å². The van der Waals surface area contributed by atoms with Crippen LogP contribution in [-0.2, 0) is 0 Å².